The molecule has 8 heteroatoms. The van der Waals surface area contributed by atoms with E-state index in [1.807, 2.05) is 10.7 Å². The van der Waals surface area contributed by atoms with Crippen molar-refractivity contribution in [1.82, 2.24) is 40.4 Å². The summed E-state index contributed by atoms with van der Waals surface area (Å²) < 4.78 is 2.04. The van der Waals surface area contributed by atoms with E-state index in [-0.39, 0.29) is 5.41 Å². The lowest BCUT2D eigenvalue weighted by Gasteiger charge is -2.12. The first-order chi connectivity index (χ1) is 14.5. The lowest BCUT2D eigenvalue weighted by Crippen LogP contribution is -2.14. The third-order valence-electron chi connectivity index (χ3n) is 4.90. The molecule has 0 unspecified atom stereocenters. The van der Waals surface area contributed by atoms with Gasteiger partial charge in [-0.3, -0.25) is 4.98 Å². The fraction of sp³-hybridized carbons (Fsp3) is 0.364. The maximum Gasteiger partial charge on any atom is 0.206 e. The quantitative estimate of drug-likeness (QED) is 0.526. The van der Waals surface area contributed by atoms with Gasteiger partial charge < -0.3 is 0 Å². The van der Waals surface area contributed by atoms with Gasteiger partial charge in [-0.1, -0.05) is 52.0 Å². The first kappa shape index (κ1) is 19.9. The minimum Gasteiger partial charge on any atom is -0.264 e. The highest BCUT2D eigenvalue weighted by Crippen LogP contribution is 2.29. The maximum absolute atomic E-state index is 4.79. The number of H-pyrrole nitrogens is 1. The van der Waals surface area contributed by atoms with Crippen LogP contribution in [0.2, 0.25) is 0 Å². The maximum atomic E-state index is 4.79. The van der Waals surface area contributed by atoms with E-state index in [0.717, 1.165) is 41.2 Å². The first-order valence-corrected chi connectivity index (χ1v) is 10.2. The SMILES string of the molecule is CCCc1nc(C(C)(C)C)nn1Cc1ccc(-c2ccncc2-c2nn[nH]n2)cc1. The number of aromatic amines is 1. The molecule has 0 fully saturated rings. The van der Waals surface area contributed by atoms with Crippen molar-refractivity contribution in [3.8, 4) is 22.5 Å². The molecular weight excluding hydrogens is 376 g/mol. The zero-order valence-electron chi connectivity index (χ0n) is 17.8. The summed E-state index contributed by atoms with van der Waals surface area (Å²) in [5.74, 6) is 2.47. The molecule has 0 saturated heterocycles. The largest absolute Gasteiger partial charge is 0.264 e. The van der Waals surface area contributed by atoms with Crippen molar-refractivity contribution in [2.24, 2.45) is 0 Å². The molecule has 0 saturated carbocycles. The third-order valence-corrected chi connectivity index (χ3v) is 4.90. The van der Waals surface area contributed by atoms with Crippen LogP contribution in [0.1, 0.15) is 51.3 Å². The predicted octanol–water partition coefficient (Wildman–Crippen LogP) is 3.82. The van der Waals surface area contributed by atoms with Gasteiger partial charge in [-0.2, -0.15) is 10.3 Å². The van der Waals surface area contributed by atoms with Gasteiger partial charge in [-0.05, 0) is 34.4 Å². The fourth-order valence-electron chi connectivity index (χ4n) is 3.29. The number of nitrogens with zero attached hydrogens (tertiary/aromatic N) is 7. The number of hydrogen-bond acceptors (Lipinski definition) is 6. The van der Waals surface area contributed by atoms with Gasteiger partial charge in [0.25, 0.3) is 0 Å². The molecule has 4 aromatic rings. The fourth-order valence-corrected chi connectivity index (χ4v) is 3.29. The Labute approximate surface area is 175 Å². The van der Waals surface area contributed by atoms with Crippen LogP contribution in [0, 0.1) is 0 Å². The van der Waals surface area contributed by atoms with Crippen LogP contribution >= 0.6 is 0 Å². The van der Waals surface area contributed by atoms with Crippen LogP contribution in [-0.4, -0.2) is 40.4 Å². The molecule has 1 aromatic carbocycles. The van der Waals surface area contributed by atoms with E-state index in [4.69, 9.17) is 10.1 Å². The van der Waals surface area contributed by atoms with E-state index in [1.54, 1.807) is 12.4 Å². The number of benzene rings is 1. The first-order valence-electron chi connectivity index (χ1n) is 10.2. The molecule has 154 valence electrons. The van der Waals surface area contributed by atoms with Crippen LogP contribution in [-0.2, 0) is 18.4 Å². The molecule has 30 heavy (non-hydrogen) atoms. The standard InChI is InChI=1S/C22H26N8/c1-5-6-19-24-21(22(2,3)4)27-30(19)14-15-7-9-16(10-8-15)17-11-12-23-13-18(17)20-25-28-29-26-20/h7-13H,5-6,14H2,1-4H3,(H,25,26,28,29). The molecule has 0 spiro atoms. The van der Waals surface area contributed by atoms with Gasteiger partial charge in [0, 0.05) is 29.8 Å². The van der Waals surface area contributed by atoms with E-state index in [1.165, 1.54) is 5.56 Å². The molecule has 1 N–H and O–H groups in total. The topological polar surface area (TPSA) is 98.1 Å². The molecule has 0 bridgehead atoms. The van der Waals surface area contributed by atoms with E-state index in [0.29, 0.717) is 12.4 Å². The normalized spacial score (nSPS) is 11.7. The molecular formula is C22H26N8. The van der Waals surface area contributed by atoms with E-state index < -0.39 is 0 Å². The molecule has 0 atom stereocenters. The zero-order chi connectivity index (χ0) is 21.1. The highest BCUT2D eigenvalue weighted by Gasteiger charge is 2.21. The summed E-state index contributed by atoms with van der Waals surface area (Å²) in [6.45, 7) is 9.31. The highest BCUT2D eigenvalue weighted by atomic mass is 15.5. The van der Waals surface area contributed by atoms with E-state index in [9.17, 15) is 0 Å². The summed E-state index contributed by atoms with van der Waals surface area (Å²) in [5.41, 5.74) is 4.04. The van der Waals surface area contributed by atoms with Crippen molar-refractivity contribution in [1.29, 1.82) is 0 Å². The van der Waals surface area contributed by atoms with Crippen LogP contribution in [0.3, 0.4) is 0 Å². The van der Waals surface area contributed by atoms with Crippen molar-refractivity contribution in [3.05, 3.63) is 59.9 Å². The van der Waals surface area contributed by atoms with Crippen LogP contribution in [0.15, 0.2) is 42.7 Å². The Morgan fingerprint density at radius 1 is 1.03 bits per heavy atom. The summed E-state index contributed by atoms with van der Waals surface area (Å²) in [7, 11) is 0. The number of aryl methyl sites for hydroxylation is 1. The number of nitrogens with one attached hydrogen (secondary N) is 1. The second kappa shape index (κ2) is 8.14. The number of pyridine rings is 1. The van der Waals surface area contributed by atoms with Crippen molar-refractivity contribution in [2.75, 3.05) is 0 Å². The lowest BCUT2D eigenvalue weighted by molar-refractivity contribution is 0.532. The van der Waals surface area contributed by atoms with Gasteiger partial charge in [0.2, 0.25) is 5.82 Å². The molecule has 0 amide bonds. The highest BCUT2D eigenvalue weighted by molar-refractivity contribution is 5.79. The van der Waals surface area contributed by atoms with Crippen LogP contribution in [0.4, 0.5) is 0 Å². The van der Waals surface area contributed by atoms with Crippen molar-refractivity contribution in [2.45, 2.75) is 52.5 Å². The van der Waals surface area contributed by atoms with Gasteiger partial charge in [0.05, 0.1) is 6.54 Å². The summed E-state index contributed by atoms with van der Waals surface area (Å²) in [5, 5.41) is 19.1. The molecule has 4 rings (SSSR count). The van der Waals surface area contributed by atoms with Gasteiger partial charge in [-0.25, -0.2) is 9.67 Å². The third kappa shape index (κ3) is 4.12. The molecule has 3 heterocycles. The Hall–Kier alpha value is -3.42. The lowest BCUT2D eigenvalue weighted by atomic mass is 9.96. The van der Waals surface area contributed by atoms with Crippen LogP contribution in [0.25, 0.3) is 22.5 Å². The minimum absolute atomic E-state index is 0.0650. The second-order valence-corrected chi connectivity index (χ2v) is 8.36. The Bertz CT molecular complexity index is 1110. The Morgan fingerprint density at radius 3 is 2.50 bits per heavy atom. The van der Waals surface area contributed by atoms with Gasteiger partial charge in [-0.15, -0.1) is 10.2 Å². The van der Waals surface area contributed by atoms with Crippen LogP contribution in [0.5, 0.6) is 0 Å². The summed E-state index contributed by atoms with van der Waals surface area (Å²) in [4.78, 5) is 9.00. The molecule has 0 aliphatic carbocycles. The van der Waals surface area contributed by atoms with Crippen molar-refractivity contribution in [3.63, 3.8) is 0 Å². The number of tetrazole rings is 1. The average Bonchev–Trinajstić information content (AvgIpc) is 3.39. The summed E-state index contributed by atoms with van der Waals surface area (Å²) in [6.07, 6.45) is 5.50. The Balaban J connectivity index is 1.61. The zero-order valence-corrected chi connectivity index (χ0v) is 17.8. The summed E-state index contributed by atoms with van der Waals surface area (Å²) >= 11 is 0. The molecule has 0 aliphatic rings. The van der Waals surface area contributed by atoms with E-state index >= 15 is 0 Å². The Morgan fingerprint density at radius 2 is 1.83 bits per heavy atom. The molecule has 3 aromatic heterocycles. The molecule has 0 radical (unpaired) electrons. The van der Waals surface area contributed by atoms with Crippen molar-refractivity contribution >= 4 is 0 Å². The van der Waals surface area contributed by atoms with Crippen molar-refractivity contribution < 1.29 is 0 Å². The smallest absolute Gasteiger partial charge is 0.206 e. The summed E-state index contributed by atoms with van der Waals surface area (Å²) in [6, 6.07) is 10.4. The van der Waals surface area contributed by atoms with Gasteiger partial charge in [0.1, 0.15) is 5.82 Å². The Kier molecular flexibility index (Phi) is 5.39. The van der Waals surface area contributed by atoms with Gasteiger partial charge in [0.15, 0.2) is 5.82 Å². The van der Waals surface area contributed by atoms with Gasteiger partial charge >= 0.3 is 0 Å². The molecule has 8 nitrogen and oxygen atoms in total. The number of hydrogen-bond donors (Lipinski definition) is 1. The second-order valence-electron chi connectivity index (χ2n) is 8.36. The van der Waals surface area contributed by atoms with Crippen LogP contribution < -0.4 is 0 Å². The minimum atomic E-state index is -0.0650. The van der Waals surface area contributed by atoms with E-state index in [2.05, 4.69) is 77.6 Å². The molecule has 0 aliphatic heterocycles. The number of aromatic nitrogens is 8. The monoisotopic (exact) mass is 402 g/mol. The number of rotatable bonds is 6. The average molecular weight is 403 g/mol. The predicted molar refractivity (Wildman–Crippen MR) is 115 cm³/mol.